The summed E-state index contributed by atoms with van der Waals surface area (Å²) in [6, 6.07) is 0. The first kappa shape index (κ1) is 12.9. The Hall–Kier alpha value is -1.17. The molecule has 0 radical (unpaired) electrons. The van der Waals surface area contributed by atoms with Crippen molar-refractivity contribution in [3.63, 3.8) is 0 Å². The third-order valence-corrected chi connectivity index (χ3v) is 3.14. The first-order valence-electron chi connectivity index (χ1n) is 5.25. The van der Waals surface area contributed by atoms with E-state index in [4.69, 9.17) is 18.0 Å². The fourth-order valence-corrected chi connectivity index (χ4v) is 1.67. The lowest BCUT2D eigenvalue weighted by atomic mass is 10.1. The van der Waals surface area contributed by atoms with Gasteiger partial charge in [-0.05, 0) is 13.3 Å². The summed E-state index contributed by atoms with van der Waals surface area (Å²) in [5.74, 6) is -0.691. The standard InChI is InChI=1S/C10H17N3O2S/c1-7(9(11)16)10(15)13-5-3-4-12(2)8(14)6-13/h7H,3-6H2,1-2H3,(H2,11,16). The Morgan fingerprint density at radius 2 is 2.12 bits per heavy atom. The highest BCUT2D eigenvalue weighted by molar-refractivity contribution is 7.80. The Labute approximate surface area is 101 Å². The maximum absolute atomic E-state index is 11.9. The van der Waals surface area contributed by atoms with E-state index in [0.717, 1.165) is 6.42 Å². The molecule has 1 saturated heterocycles. The molecule has 0 spiro atoms. The molecule has 6 heteroatoms. The van der Waals surface area contributed by atoms with Gasteiger partial charge in [0.05, 0.1) is 17.5 Å². The van der Waals surface area contributed by atoms with E-state index in [1.165, 1.54) is 4.90 Å². The van der Waals surface area contributed by atoms with E-state index in [-0.39, 0.29) is 23.3 Å². The summed E-state index contributed by atoms with van der Waals surface area (Å²) >= 11 is 4.79. The quantitative estimate of drug-likeness (QED) is 0.670. The second-order valence-electron chi connectivity index (χ2n) is 4.05. The molecule has 1 aliphatic rings. The van der Waals surface area contributed by atoms with Gasteiger partial charge in [0.1, 0.15) is 0 Å². The van der Waals surface area contributed by atoms with Gasteiger partial charge in [-0.3, -0.25) is 9.59 Å². The minimum atomic E-state index is -0.494. The molecular weight excluding hydrogens is 226 g/mol. The van der Waals surface area contributed by atoms with Crippen molar-refractivity contribution in [2.24, 2.45) is 11.7 Å². The molecule has 16 heavy (non-hydrogen) atoms. The molecule has 0 aromatic carbocycles. The lowest BCUT2D eigenvalue weighted by molar-refractivity contribution is -0.139. The van der Waals surface area contributed by atoms with Gasteiger partial charge in [0.2, 0.25) is 11.8 Å². The van der Waals surface area contributed by atoms with Gasteiger partial charge >= 0.3 is 0 Å². The number of carbonyl (C=O) groups excluding carboxylic acids is 2. The van der Waals surface area contributed by atoms with Crippen LogP contribution in [-0.2, 0) is 9.59 Å². The van der Waals surface area contributed by atoms with Gasteiger partial charge in [0, 0.05) is 20.1 Å². The molecule has 1 atom stereocenters. The second-order valence-corrected chi connectivity index (χ2v) is 4.52. The smallest absolute Gasteiger partial charge is 0.241 e. The van der Waals surface area contributed by atoms with E-state index >= 15 is 0 Å². The van der Waals surface area contributed by atoms with Crippen molar-refractivity contribution >= 4 is 29.0 Å². The van der Waals surface area contributed by atoms with Crippen molar-refractivity contribution in [3.05, 3.63) is 0 Å². The van der Waals surface area contributed by atoms with E-state index in [1.807, 2.05) is 0 Å². The van der Waals surface area contributed by atoms with Crippen LogP contribution < -0.4 is 5.73 Å². The van der Waals surface area contributed by atoms with Crippen LogP contribution >= 0.6 is 12.2 Å². The molecule has 2 N–H and O–H groups in total. The van der Waals surface area contributed by atoms with Crippen LogP contribution in [0.15, 0.2) is 0 Å². The Balaban J connectivity index is 2.69. The lowest BCUT2D eigenvalue weighted by Crippen LogP contribution is -2.43. The number of hydrogen-bond acceptors (Lipinski definition) is 3. The second kappa shape index (κ2) is 5.25. The molecule has 1 rings (SSSR count). The number of nitrogens with zero attached hydrogens (tertiary/aromatic N) is 2. The number of rotatable bonds is 2. The maximum atomic E-state index is 11.9. The minimum absolute atomic E-state index is 0.0408. The molecule has 0 aromatic heterocycles. The van der Waals surface area contributed by atoms with Gasteiger partial charge in [0.15, 0.2) is 0 Å². The Morgan fingerprint density at radius 3 is 2.69 bits per heavy atom. The fraction of sp³-hybridized carbons (Fsp3) is 0.700. The molecule has 1 aliphatic heterocycles. The molecule has 0 bridgehead atoms. The summed E-state index contributed by atoms with van der Waals surface area (Å²) in [5, 5.41) is 0. The summed E-state index contributed by atoms with van der Waals surface area (Å²) in [6.07, 6.45) is 0.790. The van der Waals surface area contributed by atoms with E-state index in [2.05, 4.69) is 0 Å². The zero-order valence-electron chi connectivity index (χ0n) is 9.60. The largest absolute Gasteiger partial charge is 0.393 e. The number of amides is 2. The predicted octanol–water partition coefficient (Wildman–Crippen LogP) is -0.401. The minimum Gasteiger partial charge on any atom is -0.393 e. The zero-order valence-corrected chi connectivity index (χ0v) is 10.4. The molecular formula is C10H17N3O2S. The third kappa shape index (κ3) is 2.91. The summed E-state index contributed by atoms with van der Waals surface area (Å²) < 4.78 is 0. The van der Waals surface area contributed by atoms with Crippen LogP contribution in [0.2, 0.25) is 0 Å². The summed E-state index contributed by atoms with van der Waals surface area (Å²) in [7, 11) is 1.74. The Morgan fingerprint density at radius 1 is 1.50 bits per heavy atom. The zero-order chi connectivity index (χ0) is 12.3. The monoisotopic (exact) mass is 243 g/mol. The molecule has 1 fully saturated rings. The maximum Gasteiger partial charge on any atom is 0.241 e. The summed E-state index contributed by atoms with van der Waals surface area (Å²) in [4.78, 5) is 26.9. The van der Waals surface area contributed by atoms with Gasteiger partial charge in [-0.25, -0.2) is 0 Å². The Bertz CT molecular complexity index is 319. The van der Waals surface area contributed by atoms with Crippen molar-refractivity contribution in [1.82, 2.24) is 9.80 Å². The Kier molecular flexibility index (Phi) is 4.23. The number of likely N-dealkylation sites (N-methyl/N-ethyl adjacent to an activating group) is 1. The van der Waals surface area contributed by atoms with Crippen LogP contribution in [-0.4, -0.2) is 53.3 Å². The SMILES string of the molecule is CC(C(=O)N1CCCN(C)C(=O)C1)C(N)=S. The van der Waals surface area contributed by atoms with Crippen molar-refractivity contribution in [1.29, 1.82) is 0 Å². The molecule has 0 aromatic rings. The van der Waals surface area contributed by atoms with Crippen LogP contribution in [0.3, 0.4) is 0 Å². The average molecular weight is 243 g/mol. The van der Waals surface area contributed by atoms with E-state index in [9.17, 15) is 9.59 Å². The number of carbonyl (C=O) groups is 2. The normalized spacial score (nSPS) is 19.2. The lowest BCUT2D eigenvalue weighted by Gasteiger charge is -2.22. The van der Waals surface area contributed by atoms with Crippen molar-refractivity contribution in [3.8, 4) is 0 Å². The number of thiocarbonyl (C=S) groups is 1. The van der Waals surface area contributed by atoms with Crippen LogP contribution in [0.25, 0.3) is 0 Å². The van der Waals surface area contributed by atoms with Crippen molar-refractivity contribution in [2.75, 3.05) is 26.7 Å². The number of hydrogen-bond donors (Lipinski definition) is 1. The molecule has 5 nitrogen and oxygen atoms in total. The first-order valence-corrected chi connectivity index (χ1v) is 5.66. The predicted molar refractivity (Wildman–Crippen MR) is 64.8 cm³/mol. The fourth-order valence-electron chi connectivity index (χ4n) is 1.57. The van der Waals surface area contributed by atoms with Gasteiger partial charge in [-0.15, -0.1) is 0 Å². The highest BCUT2D eigenvalue weighted by atomic mass is 32.1. The molecule has 1 heterocycles. The molecule has 90 valence electrons. The van der Waals surface area contributed by atoms with Crippen molar-refractivity contribution < 1.29 is 9.59 Å². The average Bonchev–Trinajstić information content (AvgIpc) is 2.39. The van der Waals surface area contributed by atoms with E-state index in [0.29, 0.717) is 13.1 Å². The van der Waals surface area contributed by atoms with Crippen LogP contribution in [0.4, 0.5) is 0 Å². The van der Waals surface area contributed by atoms with Crippen LogP contribution in [0.1, 0.15) is 13.3 Å². The van der Waals surface area contributed by atoms with E-state index < -0.39 is 5.92 Å². The van der Waals surface area contributed by atoms with Crippen LogP contribution in [0.5, 0.6) is 0 Å². The molecule has 0 aliphatic carbocycles. The number of nitrogens with two attached hydrogens (primary N) is 1. The van der Waals surface area contributed by atoms with E-state index in [1.54, 1.807) is 18.9 Å². The summed E-state index contributed by atoms with van der Waals surface area (Å²) in [5.41, 5.74) is 5.43. The highest BCUT2D eigenvalue weighted by Crippen LogP contribution is 2.08. The van der Waals surface area contributed by atoms with Gasteiger partial charge < -0.3 is 15.5 Å². The first-order chi connectivity index (χ1) is 7.43. The topological polar surface area (TPSA) is 66.6 Å². The van der Waals surface area contributed by atoms with Gasteiger partial charge in [-0.1, -0.05) is 12.2 Å². The van der Waals surface area contributed by atoms with Crippen molar-refractivity contribution in [2.45, 2.75) is 13.3 Å². The van der Waals surface area contributed by atoms with Crippen LogP contribution in [0, 0.1) is 5.92 Å². The van der Waals surface area contributed by atoms with Gasteiger partial charge in [0.25, 0.3) is 0 Å². The highest BCUT2D eigenvalue weighted by Gasteiger charge is 2.27. The molecule has 1 unspecified atom stereocenters. The molecule has 0 saturated carbocycles. The molecule has 2 amide bonds. The third-order valence-electron chi connectivity index (χ3n) is 2.78. The summed E-state index contributed by atoms with van der Waals surface area (Å²) in [6.45, 7) is 3.07. The van der Waals surface area contributed by atoms with Gasteiger partial charge in [-0.2, -0.15) is 0 Å².